The number of nitrogens with one attached hydrogen (secondary N) is 1. The second kappa shape index (κ2) is 7.52. The van der Waals surface area contributed by atoms with Crippen molar-refractivity contribution in [1.29, 1.82) is 0 Å². The van der Waals surface area contributed by atoms with Gasteiger partial charge in [-0.3, -0.25) is 4.99 Å². The van der Waals surface area contributed by atoms with Gasteiger partial charge in [-0.15, -0.1) is 0 Å². The summed E-state index contributed by atoms with van der Waals surface area (Å²) >= 11 is 0. The molecule has 0 radical (unpaired) electrons. The topological polar surface area (TPSA) is 59.6 Å². The predicted molar refractivity (Wildman–Crippen MR) is 59.9 cm³/mol. The first-order valence-corrected chi connectivity index (χ1v) is 4.01. The van der Waals surface area contributed by atoms with E-state index in [0.717, 1.165) is 5.70 Å². The smallest absolute Gasteiger partial charge is 0.122 e. The van der Waals surface area contributed by atoms with Gasteiger partial charge >= 0.3 is 0 Å². The molecule has 0 aliphatic heterocycles. The van der Waals surface area contributed by atoms with Gasteiger partial charge in [-0.2, -0.15) is 0 Å². The van der Waals surface area contributed by atoms with E-state index in [9.17, 15) is 0 Å². The number of nitrogens with two attached hydrogens (primary N) is 1. The van der Waals surface area contributed by atoms with Crippen LogP contribution in [0, 0.1) is 0 Å². The van der Waals surface area contributed by atoms with E-state index in [-0.39, 0.29) is 9.08 Å². The second-order valence-electron chi connectivity index (χ2n) is 2.39. The van der Waals surface area contributed by atoms with Crippen molar-refractivity contribution in [2.24, 2.45) is 10.7 Å². The summed E-state index contributed by atoms with van der Waals surface area (Å²) in [6, 6.07) is 0. The molecule has 4 nitrogen and oxygen atoms in total. The molecule has 3 N–H and O–H groups in total. The van der Waals surface area contributed by atoms with Crippen LogP contribution in [0.1, 0.15) is 2.85 Å². The van der Waals surface area contributed by atoms with Gasteiger partial charge in [0.1, 0.15) is 6.23 Å². The van der Waals surface area contributed by atoms with Crippen LogP contribution in [0.3, 0.4) is 0 Å². The second-order valence-corrected chi connectivity index (χ2v) is 2.39. The highest BCUT2D eigenvalue weighted by molar-refractivity contribution is 5.72. The number of ether oxygens (including phenoxy) is 1. The summed E-state index contributed by atoms with van der Waals surface area (Å²) in [5, 5.41) is 3.06. The molecule has 4 heteroatoms. The number of methoxy groups -OCH3 is 1. The summed E-state index contributed by atoms with van der Waals surface area (Å²) in [6.45, 7) is 4.19. The van der Waals surface area contributed by atoms with Gasteiger partial charge in [-0.05, 0) is 12.2 Å². The van der Waals surface area contributed by atoms with Gasteiger partial charge in [0.15, 0.2) is 0 Å². The van der Waals surface area contributed by atoms with Crippen LogP contribution in [0.5, 0.6) is 0 Å². The minimum absolute atomic E-state index is 0. The van der Waals surface area contributed by atoms with E-state index in [1.54, 1.807) is 26.4 Å². The van der Waals surface area contributed by atoms with Gasteiger partial charge in [0.2, 0.25) is 0 Å². The third-order valence-electron chi connectivity index (χ3n) is 1.43. The van der Waals surface area contributed by atoms with Crippen molar-refractivity contribution in [2.75, 3.05) is 20.7 Å². The summed E-state index contributed by atoms with van der Waals surface area (Å²) in [5.74, 6) is 0. The lowest BCUT2D eigenvalue weighted by Gasteiger charge is -2.11. The Balaban J connectivity index is -0.000000720. The summed E-state index contributed by atoms with van der Waals surface area (Å²) in [5.41, 5.74) is 6.40. The maximum absolute atomic E-state index is 5.52. The Hall–Kier alpha value is -1.13. The normalized spacial score (nSPS) is 14.5. The molecule has 0 bridgehead atoms. The molecular formula is C9H21N3O. The zero-order chi connectivity index (χ0) is 10.1. The molecule has 1 atom stereocenters. The molecule has 0 aromatic rings. The average molecular weight is 187 g/mol. The molecule has 0 saturated carbocycles. The minimum Gasteiger partial charge on any atom is -0.381 e. The molecule has 0 spiro atoms. The van der Waals surface area contributed by atoms with Gasteiger partial charge in [0.05, 0.1) is 6.54 Å². The summed E-state index contributed by atoms with van der Waals surface area (Å²) in [4.78, 5) is 3.82. The quantitative estimate of drug-likeness (QED) is 0.367. The van der Waals surface area contributed by atoms with Crippen molar-refractivity contribution in [2.45, 2.75) is 6.23 Å². The van der Waals surface area contributed by atoms with Crippen LogP contribution >= 0.6 is 0 Å². The van der Waals surface area contributed by atoms with Crippen molar-refractivity contribution < 1.29 is 7.59 Å². The zero-order valence-electron chi connectivity index (χ0n) is 8.16. The summed E-state index contributed by atoms with van der Waals surface area (Å²) in [6.07, 6.45) is 4.89. The molecule has 0 aromatic heterocycles. The van der Waals surface area contributed by atoms with Gasteiger partial charge in [-0.1, -0.05) is 6.58 Å². The number of hydrogen-bond acceptors (Lipinski definition) is 4. The van der Waals surface area contributed by atoms with Crippen LogP contribution < -0.4 is 11.1 Å². The molecule has 0 saturated heterocycles. The van der Waals surface area contributed by atoms with Gasteiger partial charge < -0.3 is 15.8 Å². The van der Waals surface area contributed by atoms with Gasteiger partial charge in [0.25, 0.3) is 0 Å². The third kappa shape index (κ3) is 6.07. The first-order chi connectivity index (χ1) is 6.24. The molecule has 13 heavy (non-hydrogen) atoms. The van der Waals surface area contributed by atoms with E-state index in [4.69, 9.17) is 10.5 Å². The zero-order valence-corrected chi connectivity index (χ0v) is 8.16. The predicted octanol–water partition coefficient (Wildman–Crippen LogP) is 0.770. The van der Waals surface area contributed by atoms with Crippen molar-refractivity contribution in [3.8, 4) is 0 Å². The van der Waals surface area contributed by atoms with Crippen LogP contribution in [-0.2, 0) is 4.74 Å². The molecule has 0 fully saturated rings. The summed E-state index contributed by atoms with van der Waals surface area (Å²) in [7, 11) is 3.27. The molecule has 78 valence electrons. The van der Waals surface area contributed by atoms with Crippen LogP contribution in [0.25, 0.3) is 0 Å². The first-order valence-electron chi connectivity index (χ1n) is 4.01. The fraction of sp³-hybridized carbons (Fsp3) is 0.444. The van der Waals surface area contributed by atoms with E-state index >= 15 is 0 Å². The molecular weight excluding hydrogens is 166 g/mol. The van der Waals surface area contributed by atoms with Gasteiger partial charge in [-0.25, -0.2) is 0 Å². The fourth-order valence-corrected chi connectivity index (χ4v) is 0.656. The Kier molecular flexibility index (Phi) is 6.86. The Morgan fingerprint density at radius 3 is 3.00 bits per heavy atom. The van der Waals surface area contributed by atoms with Crippen molar-refractivity contribution >= 4 is 6.21 Å². The maximum Gasteiger partial charge on any atom is 0.122 e. The highest BCUT2D eigenvalue weighted by Crippen LogP contribution is 1.88. The molecule has 0 amide bonds. The molecule has 0 heterocycles. The Morgan fingerprint density at radius 2 is 2.54 bits per heavy atom. The number of allylic oxidation sites excluding steroid dienone is 2. The van der Waals surface area contributed by atoms with E-state index in [2.05, 4.69) is 16.9 Å². The molecule has 0 aliphatic carbocycles. The Morgan fingerprint density at radius 1 is 1.85 bits per heavy atom. The largest absolute Gasteiger partial charge is 0.381 e. The first kappa shape index (κ1) is 11.9. The lowest BCUT2D eigenvalue weighted by molar-refractivity contribution is 0.110. The SMILES string of the molecule is C=C/C(=C\C=NC)NCC(N)OC.[HH].[HH]. The maximum atomic E-state index is 5.52. The van der Waals surface area contributed by atoms with E-state index in [0.29, 0.717) is 6.54 Å². The van der Waals surface area contributed by atoms with Crippen LogP contribution in [0.2, 0.25) is 0 Å². The van der Waals surface area contributed by atoms with Gasteiger partial charge in [0, 0.05) is 28.9 Å². The number of nitrogens with zero attached hydrogens (tertiary/aromatic N) is 1. The standard InChI is InChI=1S/C9H17N3O.2H2/c1-4-8(5-6-11-2)12-7-9(10)13-3;;/h4-6,9,12H,1,7,10H2,2-3H3;2*1H/b8-5+,11-6?;;. The molecule has 0 aromatic carbocycles. The minimum atomic E-state index is -0.304. The van der Waals surface area contributed by atoms with Crippen molar-refractivity contribution in [3.05, 3.63) is 24.4 Å². The molecule has 0 aliphatic rings. The van der Waals surface area contributed by atoms with Crippen LogP contribution in [0.4, 0.5) is 0 Å². The number of rotatable bonds is 6. The Labute approximate surface area is 82.1 Å². The van der Waals surface area contributed by atoms with Crippen molar-refractivity contribution in [1.82, 2.24) is 5.32 Å². The Bertz CT molecular complexity index is 208. The highest BCUT2D eigenvalue weighted by atomic mass is 16.5. The van der Waals surface area contributed by atoms with E-state index in [1.165, 1.54) is 0 Å². The highest BCUT2D eigenvalue weighted by Gasteiger charge is 1.97. The fourth-order valence-electron chi connectivity index (χ4n) is 0.656. The van der Waals surface area contributed by atoms with Crippen molar-refractivity contribution in [3.63, 3.8) is 0 Å². The lowest BCUT2D eigenvalue weighted by atomic mass is 10.4. The van der Waals surface area contributed by atoms with E-state index < -0.39 is 0 Å². The van der Waals surface area contributed by atoms with Crippen LogP contribution in [0.15, 0.2) is 29.4 Å². The summed E-state index contributed by atoms with van der Waals surface area (Å²) < 4.78 is 4.87. The average Bonchev–Trinajstić information content (AvgIpc) is 2.17. The molecule has 1 unspecified atom stereocenters. The third-order valence-corrected chi connectivity index (χ3v) is 1.43. The van der Waals surface area contributed by atoms with Crippen LogP contribution in [-0.4, -0.2) is 33.1 Å². The lowest BCUT2D eigenvalue weighted by Crippen LogP contribution is -2.34. The van der Waals surface area contributed by atoms with E-state index in [1.807, 2.05) is 6.08 Å². The number of aliphatic imine (C=N–C) groups is 1. The monoisotopic (exact) mass is 187 g/mol. The number of hydrogen-bond donors (Lipinski definition) is 2. The molecule has 0 rings (SSSR count).